The molecule has 0 bridgehead atoms. The van der Waals surface area contributed by atoms with E-state index in [4.69, 9.17) is 4.74 Å². The molecule has 0 aliphatic carbocycles. The Kier molecular flexibility index (Phi) is 8.45. The second kappa shape index (κ2) is 11.6. The summed E-state index contributed by atoms with van der Waals surface area (Å²) >= 11 is 1.41. The molecule has 1 fully saturated rings. The highest BCUT2D eigenvalue weighted by Gasteiger charge is 2.60. The van der Waals surface area contributed by atoms with Crippen molar-refractivity contribution in [3.05, 3.63) is 70.2 Å². The molecular weight excluding hydrogens is 500 g/mol. The van der Waals surface area contributed by atoms with E-state index >= 15 is 0 Å². The van der Waals surface area contributed by atoms with Gasteiger partial charge in [0.2, 0.25) is 0 Å². The van der Waals surface area contributed by atoms with E-state index in [1.807, 2.05) is 25.3 Å². The Bertz CT molecular complexity index is 1250. The molecule has 9 heteroatoms. The van der Waals surface area contributed by atoms with Crippen LogP contribution in [0.25, 0.3) is 0 Å². The number of likely N-dealkylation sites (tertiary alicyclic amines) is 1. The van der Waals surface area contributed by atoms with E-state index in [1.54, 1.807) is 48.9 Å². The number of thiazole rings is 1. The van der Waals surface area contributed by atoms with Crippen molar-refractivity contribution in [1.82, 2.24) is 19.9 Å². The van der Waals surface area contributed by atoms with Crippen molar-refractivity contribution in [2.24, 2.45) is 5.92 Å². The topological polar surface area (TPSA) is 106 Å². The Balaban J connectivity index is 1.89. The highest BCUT2D eigenvalue weighted by molar-refractivity contribution is 7.09. The van der Waals surface area contributed by atoms with Gasteiger partial charge in [0.1, 0.15) is 16.3 Å². The molecule has 3 heterocycles. The van der Waals surface area contributed by atoms with Gasteiger partial charge in [-0.05, 0) is 48.8 Å². The summed E-state index contributed by atoms with van der Waals surface area (Å²) in [5, 5.41) is 13.3. The van der Waals surface area contributed by atoms with Crippen LogP contribution in [-0.4, -0.2) is 49.5 Å². The molecule has 1 aliphatic heterocycles. The van der Waals surface area contributed by atoms with Crippen LogP contribution in [0.3, 0.4) is 0 Å². The number of benzene rings is 1. The van der Waals surface area contributed by atoms with Crippen molar-refractivity contribution >= 4 is 23.2 Å². The molecule has 38 heavy (non-hydrogen) atoms. The number of carboxylic acids is 1. The van der Waals surface area contributed by atoms with Crippen LogP contribution in [0.4, 0.5) is 0 Å². The van der Waals surface area contributed by atoms with Crippen molar-refractivity contribution in [2.75, 3.05) is 7.11 Å². The largest absolute Gasteiger partial charge is 0.496 e. The van der Waals surface area contributed by atoms with Gasteiger partial charge in [0, 0.05) is 41.6 Å². The lowest BCUT2D eigenvalue weighted by Gasteiger charge is -2.38. The van der Waals surface area contributed by atoms with Gasteiger partial charge in [0.05, 0.1) is 18.8 Å². The molecule has 1 saturated heterocycles. The van der Waals surface area contributed by atoms with Crippen molar-refractivity contribution in [1.29, 1.82) is 0 Å². The van der Waals surface area contributed by atoms with Crippen LogP contribution in [0, 0.1) is 5.92 Å². The Morgan fingerprint density at radius 1 is 1.21 bits per heavy atom. The van der Waals surface area contributed by atoms with Crippen molar-refractivity contribution in [3.8, 4) is 5.75 Å². The number of carboxylic acid groups (broad SMARTS) is 1. The van der Waals surface area contributed by atoms with Crippen molar-refractivity contribution in [3.63, 3.8) is 0 Å². The first-order valence-electron chi connectivity index (χ1n) is 13.1. The summed E-state index contributed by atoms with van der Waals surface area (Å²) in [6.45, 7) is 8.24. The fraction of sp³-hybridized carbons (Fsp3) is 0.483. The molecule has 202 valence electrons. The summed E-state index contributed by atoms with van der Waals surface area (Å²) in [6.07, 6.45) is 9.09. The van der Waals surface area contributed by atoms with Crippen LogP contribution >= 0.6 is 11.3 Å². The Morgan fingerprint density at radius 2 is 2.00 bits per heavy atom. The van der Waals surface area contributed by atoms with Crippen LogP contribution in [-0.2, 0) is 4.79 Å². The smallest absolute Gasteiger partial charge is 0.329 e. The first kappa shape index (κ1) is 27.7. The summed E-state index contributed by atoms with van der Waals surface area (Å²) < 4.78 is 5.70. The number of hydrogen-bond donors (Lipinski definition) is 1. The predicted octanol–water partition coefficient (Wildman–Crippen LogP) is 6.09. The summed E-state index contributed by atoms with van der Waals surface area (Å²) in [4.78, 5) is 42.5. The lowest BCUT2D eigenvalue weighted by molar-refractivity contribution is -0.150. The summed E-state index contributed by atoms with van der Waals surface area (Å²) in [5.74, 6) is -0.809. The molecular formula is C29H36N4O4S. The van der Waals surface area contributed by atoms with Crippen LogP contribution < -0.4 is 4.74 Å². The van der Waals surface area contributed by atoms with Gasteiger partial charge in [-0.3, -0.25) is 14.8 Å². The maximum absolute atomic E-state index is 14.5. The average molecular weight is 537 g/mol. The van der Waals surface area contributed by atoms with E-state index in [0.717, 1.165) is 18.4 Å². The first-order valence-corrected chi connectivity index (χ1v) is 14.0. The maximum Gasteiger partial charge on any atom is 0.329 e. The third-order valence-corrected chi connectivity index (χ3v) is 8.29. The van der Waals surface area contributed by atoms with Crippen LogP contribution in [0.5, 0.6) is 5.75 Å². The molecule has 0 saturated carbocycles. The van der Waals surface area contributed by atoms with Gasteiger partial charge in [-0.15, -0.1) is 11.3 Å². The number of hydrogen-bond acceptors (Lipinski definition) is 7. The van der Waals surface area contributed by atoms with Gasteiger partial charge in [-0.2, -0.15) is 0 Å². The molecule has 4 rings (SSSR count). The zero-order valence-corrected chi connectivity index (χ0v) is 23.4. The summed E-state index contributed by atoms with van der Waals surface area (Å²) in [7, 11) is 1.60. The molecule has 2 aromatic heterocycles. The molecule has 8 nitrogen and oxygen atoms in total. The average Bonchev–Trinajstić information content (AvgIpc) is 3.55. The number of aliphatic carboxylic acids is 1. The SMILES string of the molecule is CCCC(C)c1ccc(C(=O)N2[C@@H](c3nccs3)[C@@H](c3cnccn3)C[C@@]2(CC(C)C)C(=O)O)cc1OC. The van der Waals surface area contributed by atoms with E-state index in [-0.39, 0.29) is 30.1 Å². The quantitative estimate of drug-likeness (QED) is 0.334. The van der Waals surface area contributed by atoms with Gasteiger partial charge < -0.3 is 14.7 Å². The van der Waals surface area contributed by atoms with Gasteiger partial charge >= 0.3 is 5.97 Å². The van der Waals surface area contributed by atoms with Crippen molar-refractivity contribution in [2.45, 2.75) is 76.8 Å². The van der Waals surface area contributed by atoms with Crippen molar-refractivity contribution < 1.29 is 19.4 Å². The van der Waals surface area contributed by atoms with Crippen LogP contribution in [0.1, 0.15) is 97.9 Å². The summed E-state index contributed by atoms with van der Waals surface area (Å²) in [5.41, 5.74) is 0.641. The van der Waals surface area contributed by atoms with Crippen LogP contribution in [0.15, 0.2) is 48.4 Å². The normalized spacial score (nSPS) is 22.0. The number of methoxy groups -OCH3 is 1. The number of carbonyl (C=O) groups is 2. The molecule has 4 atom stereocenters. The first-order chi connectivity index (χ1) is 18.2. The van der Waals surface area contributed by atoms with E-state index in [1.165, 1.54) is 11.3 Å². The fourth-order valence-corrected chi connectivity index (χ4v) is 6.68. The minimum Gasteiger partial charge on any atom is -0.496 e. The van der Waals surface area contributed by atoms with E-state index in [0.29, 0.717) is 28.4 Å². The van der Waals surface area contributed by atoms with E-state index in [9.17, 15) is 14.7 Å². The zero-order valence-electron chi connectivity index (χ0n) is 22.6. The molecule has 1 aliphatic rings. The predicted molar refractivity (Wildman–Crippen MR) is 147 cm³/mol. The number of aromatic nitrogens is 3. The monoisotopic (exact) mass is 536 g/mol. The highest BCUT2D eigenvalue weighted by Crippen LogP contribution is 2.54. The third kappa shape index (κ3) is 5.16. The number of rotatable bonds is 10. The number of amides is 1. The number of nitrogens with zero attached hydrogens (tertiary/aromatic N) is 4. The van der Waals surface area contributed by atoms with Crippen LogP contribution in [0.2, 0.25) is 0 Å². The molecule has 0 spiro atoms. The lowest BCUT2D eigenvalue weighted by atomic mass is 9.83. The Hall–Kier alpha value is -3.33. The minimum absolute atomic E-state index is 0.0331. The fourth-order valence-electron chi connectivity index (χ4n) is 5.89. The van der Waals surface area contributed by atoms with Gasteiger partial charge in [-0.1, -0.05) is 40.2 Å². The van der Waals surface area contributed by atoms with Gasteiger partial charge in [0.25, 0.3) is 5.91 Å². The standard InChI is InChI=1S/C29H36N4O4S/c1-6-7-19(4)21-9-8-20(14-24(21)37-5)27(34)33-25(26-32-12-13-38-26)22(23-17-30-10-11-31-23)16-29(33,28(35)36)15-18(2)3/h8-14,17-19,22,25H,6-7,15-16H2,1-5H3,(H,35,36)/t19?,22-,25-,29+/m1/s1. The summed E-state index contributed by atoms with van der Waals surface area (Å²) in [6, 6.07) is 4.88. The molecule has 1 unspecified atom stereocenters. The molecule has 1 aromatic carbocycles. The molecule has 3 aromatic rings. The Labute approximate surface area is 228 Å². The third-order valence-electron chi connectivity index (χ3n) is 7.44. The highest BCUT2D eigenvalue weighted by atomic mass is 32.1. The second-order valence-electron chi connectivity index (χ2n) is 10.5. The number of carbonyl (C=O) groups excluding carboxylic acids is 1. The minimum atomic E-state index is -1.44. The van der Waals surface area contributed by atoms with E-state index in [2.05, 4.69) is 28.8 Å². The maximum atomic E-state index is 14.5. The lowest BCUT2D eigenvalue weighted by Crippen LogP contribution is -2.54. The van der Waals surface area contributed by atoms with Gasteiger partial charge in [-0.25, -0.2) is 9.78 Å². The molecule has 1 N–H and O–H groups in total. The second-order valence-corrected chi connectivity index (χ2v) is 11.4. The molecule has 0 radical (unpaired) electrons. The zero-order chi connectivity index (χ0) is 27.4. The number of ether oxygens (including phenoxy) is 1. The Morgan fingerprint density at radius 3 is 2.58 bits per heavy atom. The van der Waals surface area contributed by atoms with Gasteiger partial charge in [0.15, 0.2) is 0 Å². The van der Waals surface area contributed by atoms with E-state index < -0.39 is 17.6 Å². The molecule has 1 amide bonds.